The molecular formula is C9H17N3OS. The lowest BCUT2D eigenvalue weighted by Crippen LogP contribution is -2.44. The summed E-state index contributed by atoms with van der Waals surface area (Å²) in [6.45, 7) is 7.24. The van der Waals surface area contributed by atoms with Crippen LogP contribution in [0, 0.1) is 0 Å². The van der Waals surface area contributed by atoms with E-state index in [9.17, 15) is 4.79 Å². The van der Waals surface area contributed by atoms with Crippen molar-refractivity contribution in [3.05, 3.63) is 0 Å². The van der Waals surface area contributed by atoms with Crippen molar-refractivity contribution >= 4 is 22.8 Å². The van der Waals surface area contributed by atoms with Gasteiger partial charge in [-0.1, -0.05) is 11.8 Å². The molecule has 0 aromatic heterocycles. The maximum absolute atomic E-state index is 11.4. The zero-order chi connectivity index (χ0) is 10.6. The molecule has 80 valence electrons. The van der Waals surface area contributed by atoms with Crippen molar-refractivity contribution in [1.82, 2.24) is 10.6 Å². The average molecular weight is 215 g/mol. The smallest absolute Gasteiger partial charge is 0.239 e. The Morgan fingerprint density at radius 2 is 2.29 bits per heavy atom. The van der Waals surface area contributed by atoms with Crippen molar-refractivity contribution < 1.29 is 4.79 Å². The van der Waals surface area contributed by atoms with Gasteiger partial charge in [0, 0.05) is 11.3 Å². The van der Waals surface area contributed by atoms with Crippen molar-refractivity contribution in [2.24, 2.45) is 4.99 Å². The molecule has 2 N–H and O–H groups in total. The Morgan fingerprint density at radius 1 is 1.57 bits per heavy atom. The number of nitrogens with zero attached hydrogens (tertiary/aromatic N) is 1. The van der Waals surface area contributed by atoms with Crippen molar-refractivity contribution in [2.75, 3.05) is 18.8 Å². The Balaban J connectivity index is 2.22. The number of amides is 1. The van der Waals surface area contributed by atoms with Crippen LogP contribution < -0.4 is 10.6 Å². The first-order valence-electron chi connectivity index (χ1n) is 4.69. The minimum atomic E-state index is -0.0258. The van der Waals surface area contributed by atoms with Gasteiger partial charge in [-0.05, 0) is 20.8 Å². The fraction of sp³-hybridized carbons (Fsp3) is 0.778. The van der Waals surface area contributed by atoms with Gasteiger partial charge >= 0.3 is 0 Å². The lowest BCUT2D eigenvalue weighted by molar-refractivity contribution is -0.119. The number of amidine groups is 1. The number of hydrogen-bond acceptors (Lipinski definition) is 4. The van der Waals surface area contributed by atoms with Gasteiger partial charge in [0.15, 0.2) is 5.17 Å². The normalized spacial score (nSPS) is 16.6. The van der Waals surface area contributed by atoms with Gasteiger partial charge in [-0.25, -0.2) is 0 Å². The van der Waals surface area contributed by atoms with Gasteiger partial charge in [-0.2, -0.15) is 0 Å². The first-order chi connectivity index (χ1) is 6.47. The van der Waals surface area contributed by atoms with Crippen LogP contribution in [0.25, 0.3) is 0 Å². The van der Waals surface area contributed by atoms with Gasteiger partial charge < -0.3 is 10.6 Å². The number of carbonyl (C=O) groups excluding carboxylic acids is 1. The number of aliphatic imine (C=N–C) groups is 1. The van der Waals surface area contributed by atoms with Crippen LogP contribution in [0.4, 0.5) is 0 Å². The summed E-state index contributed by atoms with van der Waals surface area (Å²) in [7, 11) is 0. The molecule has 0 aliphatic carbocycles. The number of hydrogen-bond donors (Lipinski definition) is 2. The van der Waals surface area contributed by atoms with Crippen molar-refractivity contribution in [3.63, 3.8) is 0 Å². The van der Waals surface area contributed by atoms with E-state index in [1.54, 1.807) is 11.8 Å². The molecule has 14 heavy (non-hydrogen) atoms. The number of nitrogens with one attached hydrogen (secondary N) is 2. The van der Waals surface area contributed by atoms with Gasteiger partial charge in [0.2, 0.25) is 5.91 Å². The van der Waals surface area contributed by atoms with Crippen LogP contribution in [0.3, 0.4) is 0 Å². The molecule has 1 rings (SSSR count). The summed E-state index contributed by atoms with van der Waals surface area (Å²) in [5.41, 5.74) is -0.0258. The second-order valence-corrected chi connectivity index (χ2v) is 5.27. The molecule has 0 fully saturated rings. The van der Waals surface area contributed by atoms with Crippen LogP contribution in [-0.2, 0) is 4.79 Å². The van der Waals surface area contributed by atoms with Gasteiger partial charge in [-0.15, -0.1) is 0 Å². The molecule has 0 bridgehead atoms. The first-order valence-corrected chi connectivity index (χ1v) is 5.68. The van der Waals surface area contributed by atoms with Crippen LogP contribution in [0.2, 0.25) is 0 Å². The average Bonchev–Trinajstić information content (AvgIpc) is 2.52. The molecule has 1 aliphatic rings. The number of thioether (sulfide) groups is 1. The van der Waals surface area contributed by atoms with Crippen LogP contribution in [0.5, 0.6) is 0 Å². The maximum atomic E-state index is 11.4. The quantitative estimate of drug-likeness (QED) is 0.709. The zero-order valence-electron chi connectivity index (χ0n) is 8.89. The van der Waals surface area contributed by atoms with Gasteiger partial charge in [0.1, 0.15) is 0 Å². The standard InChI is InChI=1S/C9H17N3OS/c1-9(2,3)11-6-7(13)12-8-10-4-5-14-8/h11H,4-6H2,1-3H3,(H,10,12,13). The van der Waals surface area contributed by atoms with E-state index < -0.39 is 0 Å². The third-order valence-corrected chi connectivity index (χ3v) is 2.50. The molecule has 0 aromatic rings. The lowest BCUT2D eigenvalue weighted by Gasteiger charge is -2.19. The summed E-state index contributed by atoms with van der Waals surface area (Å²) in [5, 5.41) is 6.64. The third kappa shape index (κ3) is 4.62. The highest BCUT2D eigenvalue weighted by molar-refractivity contribution is 8.14. The summed E-state index contributed by atoms with van der Waals surface area (Å²) < 4.78 is 0. The number of carbonyl (C=O) groups is 1. The maximum Gasteiger partial charge on any atom is 0.239 e. The minimum Gasteiger partial charge on any atom is -0.304 e. The molecule has 0 saturated carbocycles. The minimum absolute atomic E-state index is 0.0203. The predicted octanol–water partition coefficient (Wildman–Crippen LogP) is 0.594. The van der Waals surface area contributed by atoms with E-state index in [0.717, 1.165) is 17.5 Å². The highest BCUT2D eigenvalue weighted by Crippen LogP contribution is 2.08. The van der Waals surface area contributed by atoms with E-state index in [2.05, 4.69) is 15.6 Å². The fourth-order valence-corrected chi connectivity index (χ4v) is 1.66. The molecule has 1 amide bonds. The summed E-state index contributed by atoms with van der Waals surface area (Å²) in [6.07, 6.45) is 0. The summed E-state index contributed by atoms with van der Waals surface area (Å²) in [6, 6.07) is 0. The van der Waals surface area contributed by atoms with Crippen molar-refractivity contribution in [1.29, 1.82) is 0 Å². The fourth-order valence-electron chi connectivity index (χ4n) is 0.920. The first kappa shape index (κ1) is 11.5. The van der Waals surface area contributed by atoms with E-state index in [4.69, 9.17) is 0 Å². The van der Waals surface area contributed by atoms with Crippen LogP contribution in [0.15, 0.2) is 4.99 Å². The van der Waals surface area contributed by atoms with E-state index in [-0.39, 0.29) is 11.4 Å². The van der Waals surface area contributed by atoms with Crippen molar-refractivity contribution in [3.8, 4) is 0 Å². The van der Waals surface area contributed by atoms with E-state index in [0.29, 0.717) is 6.54 Å². The second kappa shape index (κ2) is 4.79. The molecular weight excluding hydrogens is 198 g/mol. The summed E-state index contributed by atoms with van der Waals surface area (Å²) >= 11 is 1.59. The molecule has 0 unspecified atom stereocenters. The van der Waals surface area contributed by atoms with E-state index >= 15 is 0 Å². The molecule has 0 saturated heterocycles. The van der Waals surface area contributed by atoms with Crippen molar-refractivity contribution in [2.45, 2.75) is 26.3 Å². The Labute approximate surface area is 88.9 Å². The van der Waals surface area contributed by atoms with Gasteiger partial charge in [-0.3, -0.25) is 9.79 Å². The van der Waals surface area contributed by atoms with Crippen LogP contribution in [0.1, 0.15) is 20.8 Å². The number of rotatable bonds is 2. The molecule has 5 heteroatoms. The lowest BCUT2D eigenvalue weighted by atomic mass is 10.1. The molecule has 0 spiro atoms. The predicted molar refractivity (Wildman–Crippen MR) is 60.7 cm³/mol. The van der Waals surface area contributed by atoms with Crippen LogP contribution in [-0.4, -0.2) is 35.5 Å². The van der Waals surface area contributed by atoms with Crippen LogP contribution >= 0.6 is 11.8 Å². The molecule has 1 heterocycles. The summed E-state index contributed by atoms with van der Waals surface area (Å²) in [5.74, 6) is 0.954. The Hall–Kier alpha value is -0.550. The second-order valence-electron chi connectivity index (χ2n) is 4.19. The summed E-state index contributed by atoms with van der Waals surface area (Å²) in [4.78, 5) is 15.5. The van der Waals surface area contributed by atoms with E-state index in [1.807, 2.05) is 20.8 Å². The Morgan fingerprint density at radius 3 is 2.79 bits per heavy atom. The molecule has 4 nitrogen and oxygen atoms in total. The van der Waals surface area contributed by atoms with Gasteiger partial charge in [0.05, 0.1) is 13.1 Å². The van der Waals surface area contributed by atoms with Gasteiger partial charge in [0.25, 0.3) is 0 Å². The zero-order valence-corrected chi connectivity index (χ0v) is 9.70. The molecule has 0 aromatic carbocycles. The Kier molecular flexibility index (Phi) is 3.95. The molecule has 0 atom stereocenters. The van der Waals surface area contributed by atoms with E-state index in [1.165, 1.54) is 0 Å². The monoisotopic (exact) mass is 215 g/mol. The SMILES string of the molecule is CC(C)(C)NCC(=O)NC1=NCCS1. The highest BCUT2D eigenvalue weighted by atomic mass is 32.2. The largest absolute Gasteiger partial charge is 0.304 e. The highest BCUT2D eigenvalue weighted by Gasteiger charge is 2.14. The molecule has 1 aliphatic heterocycles. The third-order valence-electron chi connectivity index (χ3n) is 1.61. The Bertz CT molecular complexity index is 245. The molecule has 0 radical (unpaired) electrons. The topological polar surface area (TPSA) is 53.5 Å².